The van der Waals surface area contributed by atoms with Gasteiger partial charge in [-0.15, -0.1) is 11.3 Å². The molecule has 1 aromatic heterocycles. The Morgan fingerprint density at radius 2 is 1.62 bits per heavy atom. The van der Waals surface area contributed by atoms with Gasteiger partial charge in [-0.05, 0) is 80.9 Å². The molecule has 4 aromatic rings. The van der Waals surface area contributed by atoms with E-state index in [-0.39, 0.29) is 17.3 Å². The normalized spacial score (nSPS) is 13.8. The number of hydrogen-bond donors (Lipinski definition) is 0. The lowest BCUT2D eigenvalue weighted by molar-refractivity contribution is -0.132. The average Bonchev–Trinajstić information content (AvgIpc) is 3.33. The molecule has 0 saturated carbocycles. The lowest BCUT2D eigenvalue weighted by Crippen LogP contribution is -2.33. The number of ketones is 2. The predicted octanol–water partition coefficient (Wildman–Crippen LogP) is 6.93. The number of benzene rings is 3. The van der Waals surface area contributed by atoms with E-state index in [9.17, 15) is 18.8 Å². The van der Waals surface area contributed by atoms with Gasteiger partial charge >= 0.3 is 5.97 Å². The number of piperidine rings is 1. The zero-order chi connectivity index (χ0) is 28.2. The molecule has 0 atom stereocenters. The Hall–Kier alpha value is -3.88. The number of esters is 1. The van der Waals surface area contributed by atoms with Gasteiger partial charge in [-0.3, -0.25) is 19.3 Å². The van der Waals surface area contributed by atoms with E-state index < -0.39 is 11.8 Å². The molecule has 2 heterocycles. The molecule has 1 aliphatic rings. The molecule has 0 N–H and O–H groups in total. The number of fused-ring (bicyclic) bond motifs is 1. The number of thiophene rings is 1. The van der Waals surface area contributed by atoms with E-state index in [0.29, 0.717) is 44.9 Å². The molecule has 206 valence electrons. The molecule has 1 fully saturated rings. The van der Waals surface area contributed by atoms with Crippen LogP contribution in [0.15, 0.2) is 60.7 Å². The summed E-state index contributed by atoms with van der Waals surface area (Å²) in [6, 6.07) is 16.5. The molecule has 1 saturated heterocycles. The SMILES string of the molecule is CC(=O)Oc1cc(-c2sc3cc(C(C)=O)ccc3c2C(=O)c2ccc(OCCN3CCCCC3)cc2)ccc1F. The Bertz CT molecular complexity index is 1570. The van der Waals surface area contributed by atoms with E-state index in [1.54, 1.807) is 48.5 Å². The fourth-order valence-corrected chi connectivity index (χ4v) is 6.18. The van der Waals surface area contributed by atoms with Gasteiger partial charge < -0.3 is 9.47 Å². The van der Waals surface area contributed by atoms with Crippen LogP contribution in [-0.2, 0) is 4.79 Å². The number of carbonyl (C=O) groups is 3. The van der Waals surface area contributed by atoms with Crippen molar-refractivity contribution in [1.82, 2.24) is 4.90 Å². The fourth-order valence-electron chi connectivity index (χ4n) is 4.94. The molecule has 0 bridgehead atoms. The quantitative estimate of drug-likeness (QED) is 0.126. The Morgan fingerprint density at radius 3 is 2.33 bits per heavy atom. The highest BCUT2D eigenvalue weighted by Gasteiger charge is 2.23. The maximum absolute atomic E-state index is 14.4. The van der Waals surface area contributed by atoms with Crippen LogP contribution in [0.4, 0.5) is 4.39 Å². The maximum atomic E-state index is 14.4. The molecule has 0 amide bonds. The van der Waals surface area contributed by atoms with Gasteiger partial charge in [0.25, 0.3) is 0 Å². The fraction of sp³-hybridized carbons (Fsp3) is 0.281. The van der Waals surface area contributed by atoms with Gasteiger partial charge in [0, 0.05) is 45.1 Å². The number of Topliss-reactive ketones (excluding diaryl/α,β-unsaturated/α-hetero) is 1. The molecule has 0 aliphatic carbocycles. The molecular weight excluding hydrogens is 529 g/mol. The lowest BCUT2D eigenvalue weighted by atomic mass is 9.96. The number of hydrogen-bond acceptors (Lipinski definition) is 7. The second kappa shape index (κ2) is 12.1. The predicted molar refractivity (Wildman–Crippen MR) is 154 cm³/mol. The second-order valence-electron chi connectivity index (χ2n) is 9.92. The van der Waals surface area contributed by atoms with E-state index in [1.807, 2.05) is 0 Å². The zero-order valence-electron chi connectivity index (χ0n) is 22.5. The van der Waals surface area contributed by atoms with Crippen LogP contribution < -0.4 is 9.47 Å². The van der Waals surface area contributed by atoms with Gasteiger partial charge in [0.2, 0.25) is 0 Å². The number of nitrogens with zero attached hydrogens (tertiary/aromatic N) is 1. The third-order valence-corrected chi connectivity index (χ3v) is 8.21. The molecule has 0 unspecified atom stereocenters. The molecule has 5 rings (SSSR count). The van der Waals surface area contributed by atoms with Gasteiger partial charge in [0.1, 0.15) is 12.4 Å². The van der Waals surface area contributed by atoms with Crippen LogP contribution in [-0.4, -0.2) is 48.7 Å². The molecule has 40 heavy (non-hydrogen) atoms. The first-order valence-electron chi connectivity index (χ1n) is 13.4. The maximum Gasteiger partial charge on any atom is 0.308 e. The van der Waals surface area contributed by atoms with Crippen molar-refractivity contribution in [1.29, 1.82) is 0 Å². The number of rotatable bonds is 9. The van der Waals surface area contributed by atoms with Crippen molar-refractivity contribution in [3.63, 3.8) is 0 Å². The standard InChI is InChI=1S/C32H30FNO5S/c1-20(35)23-8-12-26-29(19-23)40-32(24-9-13-27(33)28(18-24)39-21(2)36)30(26)31(37)22-6-10-25(11-7-22)38-17-16-34-14-4-3-5-15-34/h6-13,18-19H,3-5,14-17H2,1-2H3. The zero-order valence-corrected chi connectivity index (χ0v) is 23.3. The largest absolute Gasteiger partial charge is 0.492 e. The summed E-state index contributed by atoms with van der Waals surface area (Å²) in [7, 11) is 0. The van der Waals surface area contributed by atoms with Crippen molar-refractivity contribution in [3.05, 3.63) is 83.2 Å². The topological polar surface area (TPSA) is 72.9 Å². The van der Waals surface area contributed by atoms with Crippen molar-refractivity contribution in [2.24, 2.45) is 0 Å². The summed E-state index contributed by atoms with van der Waals surface area (Å²) in [5.74, 6) is -1.14. The molecule has 6 nitrogen and oxygen atoms in total. The molecule has 1 aliphatic heterocycles. The van der Waals surface area contributed by atoms with Crippen molar-refractivity contribution >= 4 is 39.0 Å². The second-order valence-corrected chi connectivity index (χ2v) is 11.0. The van der Waals surface area contributed by atoms with Gasteiger partial charge in [0.05, 0.1) is 0 Å². The highest BCUT2D eigenvalue weighted by atomic mass is 32.1. The summed E-state index contributed by atoms with van der Waals surface area (Å²) >= 11 is 1.33. The Labute approximate surface area is 236 Å². The van der Waals surface area contributed by atoms with E-state index in [0.717, 1.165) is 24.3 Å². The van der Waals surface area contributed by atoms with E-state index in [1.165, 1.54) is 56.6 Å². The van der Waals surface area contributed by atoms with Gasteiger partial charge in [-0.1, -0.05) is 24.6 Å². The van der Waals surface area contributed by atoms with Crippen LogP contribution in [0.1, 0.15) is 59.4 Å². The summed E-state index contributed by atoms with van der Waals surface area (Å²) in [6.07, 6.45) is 3.75. The highest BCUT2D eigenvalue weighted by Crippen LogP contribution is 2.41. The number of carbonyl (C=O) groups excluding carboxylic acids is 3. The molecule has 8 heteroatoms. The Balaban J connectivity index is 1.46. The van der Waals surface area contributed by atoms with E-state index >= 15 is 0 Å². The average molecular weight is 560 g/mol. The van der Waals surface area contributed by atoms with Crippen LogP contribution in [0, 0.1) is 5.82 Å². The first kappa shape index (κ1) is 27.7. The monoisotopic (exact) mass is 559 g/mol. The summed E-state index contributed by atoms with van der Waals surface area (Å²) in [4.78, 5) is 40.5. The summed E-state index contributed by atoms with van der Waals surface area (Å²) in [6.45, 7) is 6.37. The smallest absolute Gasteiger partial charge is 0.308 e. The third kappa shape index (κ3) is 6.13. The number of likely N-dealkylation sites (tertiary alicyclic amines) is 1. The molecule has 3 aromatic carbocycles. The van der Waals surface area contributed by atoms with Gasteiger partial charge in [-0.2, -0.15) is 0 Å². The van der Waals surface area contributed by atoms with Crippen molar-refractivity contribution < 1.29 is 28.2 Å². The minimum Gasteiger partial charge on any atom is -0.492 e. The van der Waals surface area contributed by atoms with Crippen LogP contribution in [0.2, 0.25) is 0 Å². The van der Waals surface area contributed by atoms with Crippen LogP contribution in [0.25, 0.3) is 20.5 Å². The third-order valence-electron chi connectivity index (χ3n) is 7.01. The first-order valence-corrected chi connectivity index (χ1v) is 14.2. The van der Waals surface area contributed by atoms with Crippen molar-refractivity contribution in [3.8, 4) is 21.9 Å². The van der Waals surface area contributed by atoms with E-state index in [4.69, 9.17) is 9.47 Å². The lowest BCUT2D eigenvalue weighted by Gasteiger charge is -2.26. The number of halogens is 1. The minimum absolute atomic E-state index is 0.0838. The first-order chi connectivity index (χ1) is 19.3. The minimum atomic E-state index is -0.678. The van der Waals surface area contributed by atoms with E-state index in [2.05, 4.69) is 4.90 Å². The van der Waals surface area contributed by atoms with Crippen molar-refractivity contribution in [2.75, 3.05) is 26.2 Å². The summed E-state index contributed by atoms with van der Waals surface area (Å²) in [5.41, 5.74) is 1.98. The van der Waals surface area contributed by atoms with Crippen molar-refractivity contribution in [2.45, 2.75) is 33.1 Å². The molecule has 0 radical (unpaired) electrons. The number of ether oxygens (including phenoxy) is 2. The summed E-state index contributed by atoms with van der Waals surface area (Å²) in [5, 5.41) is 0.690. The summed E-state index contributed by atoms with van der Waals surface area (Å²) < 4.78 is 26.1. The van der Waals surface area contributed by atoms with Crippen LogP contribution in [0.3, 0.4) is 0 Å². The molecule has 0 spiro atoms. The van der Waals surface area contributed by atoms with Crippen LogP contribution in [0.5, 0.6) is 11.5 Å². The van der Waals surface area contributed by atoms with Gasteiger partial charge in [-0.25, -0.2) is 4.39 Å². The molecular formula is C32H30FNO5S. The van der Waals surface area contributed by atoms with Gasteiger partial charge in [0.15, 0.2) is 23.1 Å². The Morgan fingerprint density at radius 1 is 0.900 bits per heavy atom. The highest BCUT2D eigenvalue weighted by molar-refractivity contribution is 7.22. The van der Waals surface area contributed by atoms with Crippen LogP contribution >= 0.6 is 11.3 Å². The Kier molecular flexibility index (Phi) is 8.38.